The maximum Gasteiger partial charge on any atom is 0.239 e. The number of amides is 1. The molecule has 0 fully saturated rings. The standard InChI is InChI=1S/C19H24N2O4S/c1-3-4-14-21(26(2,23)24)15-19(22)20-17-12-8-9-13-18(17)25-16-10-6-5-7-11-16/h5-13H,3-4,14-15H2,1-2H3,(H,20,22). The second-order valence-electron chi connectivity index (χ2n) is 5.91. The van der Waals surface area contributed by atoms with Crippen molar-refractivity contribution in [1.82, 2.24) is 4.31 Å². The lowest BCUT2D eigenvalue weighted by molar-refractivity contribution is -0.116. The van der Waals surface area contributed by atoms with Gasteiger partial charge in [0.05, 0.1) is 18.5 Å². The maximum absolute atomic E-state index is 12.4. The first-order valence-corrected chi connectivity index (χ1v) is 10.3. The van der Waals surface area contributed by atoms with E-state index in [4.69, 9.17) is 4.74 Å². The normalized spacial score (nSPS) is 11.3. The van der Waals surface area contributed by atoms with E-state index in [1.54, 1.807) is 24.3 Å². The van der Waals surface area contributed by atoms with Gasteiger partial charge < -0.3 is 10.1 Å². The number of ether oxygens (including phenoxy) is 1. The van der Waals surface area contributed by atoms with Crippen molar-refractivity contribution in [1.29, 1.82) is 0 Å². The van der Waals surface area contributed by atoms with Gasteiger partial charge in [0.2, 0.25) is 15.9 Å². The molecule has 0 aromatic heterocycles. The molecule has 0 spiro atoms. The van der Waals surface area contributed by atoms with Gasteiger partial charge in [0.1, 0.15) is 5.75 Å². The Morgan fingerprint density at radius 2 is 1.73 bits per heavy atom. The summed E-state index contributed by atoms with van der Waals surface area (Å²) in [6, 6.07) is 16.3. The number of carbonyl (C=O) groups excluding carboxylic acids is 1. The van der Waals surface area contributed by atoms with Crippen molar-refractivity contribution in [3.63, 3.8) is 0 Å². The van der Waals surface area contributed by atoms with E-state index in [0.717, 1.165) is 12.7 Å². The minimum Gasteiger partial charge on any atom is -0.455 e. The Hall–Kier alpha value is -2.38. The van der Waals surface area contributed by atoms with Gasteiger partial charge in [-0.3, -0.25) is 4.79 Å². The fraction of sp³-hybridized carbons (Fsp3) is 0.316. The van der Waals surface area contributed by atoms with Crippen molar-refractivity contribution in [2.75, 3.05) is 24.7 Å². The van der Waals surface area contributed by atoms with Gasteiger partial charge in [0.25, 0.3) is 0 Å². The lowest BCUT2D eigenvalue weighted by Gasteiger charge is -2.19. The number of carbonyl (C=O) groups is 1. The highest BCUT2D eigenvalue weighted by atomic mass is 32.2. The van der Waals surface area contributed by atoms with E-state index in [9.17, 15) is 13.2 Å². The predicted octanol–water partition coefficient (Wildman–Crippen LogP) is 3.48. The van der Waals surface area contributed by atoms with E-state index >= 15 is 0 Å². The maximum atomic E-state index is 12.4. The molecule has 0 bridgehead atoms. The van der Waals surface area contributed by atoms with Crippen molar-refractivity contribution in [3.05, 3.63) is 54.6 Å². The third kappa shape index (κ3) is 6.16. The minimum absolute atomic E-state index is 0.224. The molecule has 2 aromatic rings. The highest BCUT2D eigenvalue weighted by molar-refractivity contribution is 7.88. The molecular formula is C19H24N2O4S. The minimum atomic E-state index is -3.44. The van der Waals surface area contributed by atoms with Crippen molar-refractivity contribution in [2.45, 2.75) is 19.8 Å². The number of anilines is 1. The molecular weight excluding hydrogens is 352 g/mol. The molecule has 0 unspecified atom stereocenters. The smallest absolute Gasteiger partial charge is 0.239 e. The Morgan fingerprint density at radius 1 is 1.08 bits per heavy atom. The molecule has 6 nitrogen and oxygen atoms in total. The Kier molecular flexibility index (Phi) is 7.17. The van der Waals surface area contributed by atoms with Gasteiger partial charge in [-0.1, -0.05) is 43.7 Å². The van der Waals surface area contributed by atoms with E-state index in [-0.39, 0.29) is 6.54 Å². The van der Waals surface area contributed by atoms with E-state index in [2.05, 4.69) is 5.32 Å². The van der Waals surface area contributed by atoms with Crippen molar-refractivity contribution in [3.8, 4) is 11.5 Å². The number of nitrogens with one attached hydrogen (secondary N) is 1. The summed E-state index contributed by atoms with van der Waals surface area (Å²) in [7, 11) is -3.44. The van der Waals surface area contributed by atoms with Gasteiger partial charge >= 0.3 is 0 Å². The molecule has 7 heteroatoms. The zero-order valence-corrected chi connectivity index (χ0v) is 15.8. The van der Waals surface area contributed by atoms with Gasteiger partial charge in [-0.2, -0.15) is 4.31 Å². The number of unbranched alkanes of at least 4 members (excludes halogenated alkanes) is 1. The fourth-order valence-corrected chi connectivity index (χ4v) is 3.13. The Labute approximate surface area is 154 Å². The largest absolute Gasteiger partial charge is 0.455 e. The molecule has 0 saturated carbocycles. The summed E-state index contributed by atoms with van der Waals surface area (Å²) in [5.41, 5.74) is 0.491. The number of hydrogen-bond donors (Lipinski definition) is 1. The lowest BCUT2D eigenvalue weighted by atomic mass is 10.2. The monoisotopic (exact) mass is 376 g/mol. The Morgan fingerprint density at radius 3 is 2.38 bits per heavy atom. The summed E-state index contributed by atoms with van der Waals surface area (Å²) < 4.78 is 30.7. The average molecular weight is 376 g/mol. The number of hydrogen-bond acceptors (Lipinski definition) is 4. The van der Waals surface area contributed by atoms with Crippen LogP contribution in [0.1, 0.15) is 19.8 Å². The second-order valence-corrected chi connectivity index (χ2v) is 7.89. The molecule has 2 rings (SSSR count). The van der Waals surface area contributed by atoms with Crippen LogP contribution in [0.15, 0.2) is 54.6 Å². The van der Waals surface area contributed by atoms with Crippen molar-refractivity contribution in [2.24, 2.45) is 0 Å². The number of sulfonamides is 1. The molecule has 2 aromatic carbocycles. The second kappa shape index (κ2) is 9.35. The van der Waals surface area contributed by atoms with Crippen LogP contribution in [0, 0.1) is 0 Å². The van der Waals surface area contributed by atoms with Crippen LogP contribution >= 0.6 is 0 Å². The zero-order valence-electron chi connectivity index (χ0n) is 15.0. The van der Waals surface area contributed by atoms with Crippen LogP contribution in [0.4, 0.5) is 5.69 Å². The van der Waals surface area contributed by atoms with Gasteiger partial charge in [-0.15, -0.1) is 0 Å². The summed E-state index contributed by atoms with van der Waals surface area (Å²) in [5.74, 6) is 0.733. The van der Waals surface area contributed by atoms with Crippen LogP contribution in [-0.2, 0) is 14.8 Å². The lowest BCUT2D eigenvalue weighted by Crippen LogP contribution is -2.38. The van der Waals surface area contributed by atoms with E-state index in [1.807, 2.05) is 37.3 Å². The first-order valence-electron chi connectivity index (χ1n) is 8.47. The quantitative estimate of drug-likeness (QED) is 0.727. The van der Waals surface area contributed by atoms with Crippen LogP contribution in [0.5, 0.6) is 11.5 Å². The van der Waals surface area contributed by atoms with E-state index in [1.165, 1.54) is 4.31 Å². The summed E-state index contributed by atoms with van der Waals surface area (Å²) in [4.78, 5) is 12.4. The van der Waals surface area contributed by atoms with E-state index in [0.29, 0.717) is 30.2 Å². The summed E-state index contributed by atoms with van der Waals surface area (Å²) in [6.07, 6.45) is 2.66. The van der Waals surface area contributed by atoms with Crippen LogP contribution in [0.3, 0.4) is 0 Å². The predicted molar refractivity (Wildman–Crippen MR) is 103 cm³/mol. The van der Waals surface area contributed by atoms with E-state index < -0.39 is 15.9 Å². The Balaban J connectivity index is 2.09. The van der Waals surface area contributed by atoms with Gasteiger partial charge in [-0.05, 0) is 30.7 Å². The van der Waals surface area contributed by atoms with Gasteiger partial charge in [-0.25, -0.2) is 8.42 Å². The fourth-order valence-electron chi connectivity index (χ4n) is 2.32. The van der Waals surface area contributed by atoms with Crippen LogP contribution in [0.2, 0.25) is 0 Å². The molecule has 0 radical (unpaired) electrons. The zero-order chi connectivity index (χ0) is 19.0. The molecule has 140 valence electrons. The number of para-hydroxylation sites is 3. The summed E-state index contributed by atoms with van der Waals surface area (Å²) in [5, 5.41) is 2.74. The average Bonchev–Trinajstić information content (AvgIpc) is 2.60. The first-order chi connectivity index (χ1) is 12.4. The third-order valence-electron chi connectivity index (χ3n) is 3.68. The van der Waals surface area contributed by atoms with Crippen LogP contribution in [-0.4, -0.2) is 38.0 Å². The summed E-state index contributed by atoms with van der Waals surface area (Å²) in [6.45, 7) is 2.07. The topological polar surface area (TPSA) is 75.7 Å². The highest BCUT2D eigenvalue weighted by Gasteiger charge is 2.20. The Bertz CT molecular complexity index is 822. The van der Waals surface area contributed by atoms with Crippen molar-refractivity contribution < 1.29 is 17.9 Å². The molecule has 0 aliphatic heterocycles. The van der Waals surface area contributed by atoms with Crippen molar-refractivity contribution >= 4 is 21.6 Å². The molecule has 0 saturated heterocycles. The number of benzene rings is 2. The molecule has 0 aliphatic rings. The molecule has 0 atom stereocenters. The highest BCUT2D eigenvalue weighted by Crippen LogP contribution is 2.29. The SMILES string of the molecule is CCCCN(CC(=O)Nc1ccccc1Oc1ccccc1)S(C)(=O)=O. The number of nitrogens with zero attached hydrogens (tertiary/aromatic N) is 1. The van der Waals surface area contributed by atoms with Crippen LogP contribution < -0.4 is 10.1 Å². The first kappa shape index (κ1) is 19.9. The number of rotatable bonds is 9. The molecule has 0 aliphatic carbocycles. The molecule has 0 heterocycles. The molecule has 1 amide bonds. The summed E-state index contributed by atoms with van der Waals surface area (Å²) >= 11 is 0. The van der Waals surface area contributed by atoms with Crippen LogP contribution in [0.25, 0.3) is 0 Å². The third-order valence-corrected chi connectivity index (χ3v) is 4.93. The molecule has 26 heavy (non-hydrogen) atoms. The van der Waals surface area contributed by atoms with Gasteiger partial charge in [0.15, 0.2) is 5.75 Å². The molecule has 1 N–H and O–H groups in total. The van der Waals surface area contributed by atoms with Gasteiger partial charge in [0, 0.05) is 6.54 Å².